The predicted molar refractivity (Wildman–Crippen MR) is 136 cm³/mol. The summed E-state index contributed by atoms with van der Waals surface area (Å²) in [5.41, 5.74) is 1.47. The maximum atomic E-state index is 13.0. The van der Waals surface area contributed by atoms with Gasteiger partial charge >= 0.3 is 11.9 Å². The highest BCUT2D eigenvalue weighted by atomic mass is 16.6. The second kappa shape index (κ2) is 12.2. The van der Waals surface area contributed by atoms with Crippen LogP contribution in [0.2, 0.25) is 0 Å². The lowest BCUT2D eigenvalue weighted by molar-refractivity contribution is -0.155. The molecule has 0 spiro atoms. The molecule has 1 amide bonds. The Bertz CT molecular complexity index is 1110. The average Bonchev–Trinajstić information content (AvgIpc) is 3.33. The van der Waals surface area contributed by atoms with Crippen LogP contribution in [0.25, 0.3) is 0 Å². The molecule has 3 rings (SSSR count). The number of nitrogens with one attached hydrogen (secondary N) is 1. The maximum absolute atomic E-state index is 13.0. The topological polar surface area (TPSA) is 94.8 Å². The average molecular weight is 492 g/mol. The second-order valence-corrected chi connectivity index (χ2v) is 9.48. The molecule has 1 aromatic heterocycles. The highest BCUT2D eigenvalue weighted by Gasteiger charge is 2.26. The van der Waals surface area contributed by atoms with E-state index in [1.807, 2.05) is 60.7 Å². The van der Waals surface area contributed by atoms with Crippen LogP contribution in [0.1, 0.15) is 73.4 Å². The minimum atomic E-state index is -0.919. The summed E-state index contributed by atoms with van der Waals surface area (Å²) in [5, 5.41) is 2.68. The van der Waals surface area contributed by atoms with Gasteiger partial charge in [-0.05, 0) is 56.9 Å². The molecule has 36 heavy (non-hydrogen) atoms. The van der Waals surface area contributed by atoms with Crippen molar-refractivity contribution in [3.05, 3.63) is 95.4 Å². The summed E-state index contributed by atoms with van der Waals surface area (Å²) in [6, 6.07) is 22.2. The lowest BCUT2D eigenvalue weighted by atomic mass is 9.89. The van der Waals surface area contributed by atoms with E-state index in [1.165, 1.54) is 7.11 Å². The van der Waals surface area contributed by atoms with E-state index >= 15 is 0 Å². The Kier molecular flexibility index (Phi) is 9.06. The Morgan fingerprint density at radius 3 is 2.00 bits per heavy atom. The van der Waals surface area contributed by atoms with Crippen molar-refractivity contribution >= 4 is 17.8 Å². The number of ether oxygens (including phenoxy) is 2. The summed E-state index contributed by atoms with van der Waals surface area (Å²) in [6.45, 7) is 5.38. The molecule has 0 saturated heterocycles. The van der Waals surface area contributed by atoms with Gasteiger partial charge in [0, 0.05) is 6.42 Å². The molecule has 1 atom stereocenters. The Balaban J connectivity index is 1.72. The van der Waals surface area contributed by atoms with Crippen LogP contribution in [0.15, 0.2) is 77.2 Å². The predicted octanol–water partition coefficient (Wildman–Crippen LogP) is 5.24. The minimum Gasteiger partial charge on any atom is -0.467 e. The third-order valence-corrected chi connectivity index (χ3v) is 5.49. The summed E-state index contributed by atoms with van der Waals surface area (Å²) < 4.78 is 16.1. The molecule has 0 aliphatic heterocycles. The molecule has 0 saturated carbocycles. The number of hydrogen-bond acceptors (Lipinski definition) is 6. The van der Waals surface area contributed by atoms with E-state index in [-0.39, 0.29) is 30.5 Å². The van der Waals surface area contributed by atoms with Gasteiger partial charge in [-0.25, -0.2) is 4.79 Å². The quantitative estimate of drug-likeness (QED) is 0.390. The van der Waals surface area contributed by atoms with Crippen LogP contribution in [0.4, 0.5) is 0 Å². The van der Waals surface area contributed by atoms with E-state index in [4.69, 9.17) is 13.9 Å². The summed E-state index contributed by atoms with van der Waals surface area (Å²) >= 11 is 0. The van der Waals surface area contributed by atoms with Crippen LogP contribution >= 0.6 is 0 Å². The van der Waals surface area contributed by atoms with Crippen LogP contribution in [0, 0.1) is 0 Å². The summed E-state index contributed by atoms with van der Waals surface area (Å²) in [5.74, 6) is -0.986. The van der Waals surface area contributed by atoms with Crippen molar-refractivity contribution in [2.75, 3.05) is 7.11 Å². The lowest BCUT2D eigenvalue weighted by Gasteiger charge is -2.20. The van der Waals surface area contributed by atoms with Gasteiger partial charge in [-0.3, -0.25) is 9.59 Å². The molecular formula is C29H33NO6. The molecule has 0 fully saturated rings. The molecule has 7 nitrogen and oxygen atoms in total. The van der Waals surface area contributed by atoms with Gasteiger partial charge < -0.3 is 19.2 Å². The SMILES string of the molecule is COC(=O)[C@H](CCCC(=O)OC(C)(C)C)NC(=O)c1ccc(C(c2ccccc2)c2ccccc2)o1. The van der Waals surface area contributed by atoms with Gasteiger partial charge in [0.15, 0.2) is 5.76 Å². The maximum Gasteiger partial charge on any atom is 0.328 e. The normalized spacial score (nSPS) is 12.1. The van der Waals surface area contributed by atoms with Crippen molar-refractivity contribution in [3.63, 3.8) is 0 Å². The van der Waals surface area contributed by atoms with Crippen LogP contribution in [0.5, 0.6) is 0 Å². The molecule has 2 aromatic carbocycles. The first kappa shape index (κ1) is 26.7. The van der Waals surface area contributed by atoms with Crippen molar-refractivity contribution in [1.82, 2.24) is 5.32 Å². The number of methoxy groups -OCH3 is 1. The molecule has 0 bridgehead atoms. The fraction of sp³-hybridized carbons (Fsp3) is 0.345. The largest absolute Gasteiger partial charge is 0.467 e. The molecule has 0 unspecified atom stereocenters. The molecule has 0 aliphatic rings. The van der Waals surface area contributed by atoms with Crippen molar-refractivity contribution in [1.29, 1.82) is 0 Å². The number of carbonyl (C=O) groups excluding carboxylic acids is 3. The number of carbonyl (C=O) groups is 3. The highest BCUT2D eigenvalue weighted by molar-refractivity contribution is 5.94. The minimum absolute atomic E-state index is 0.0860. The van der Waals surface area contributed by atoms with Crippen molar-refractivity contribution < 1.29 is 28.3 Å². The Morgan fingerprint density at radius 2 is 1.47 bits per heavy atom. The first-order valence-electron chi connectivity index (χ1n) is 12.0. The number of amides is 1. The van der Waals surface area contributed by atoms with E-state index < -0.39 is 23.5 Å². The summed E-state index contributed by atoms with van der Waals surface area (Å²) in [4.78, 5) is 37.2. The molecule has 0 aliphatic carbocycles. The standard InChI is InChI=1S/C29H33NO6/c1-29(2,3)36-25(31)17-11-16-22(28(33)34-4)30-27(32)24-19-18-23(35-24)26(20-12-7-5-8-13-20)21-14-9-6-10-15-21/h5-10,12-15,18-19,22,26H,11,16-17H2,1-4H3,(H,30,32)/t22-/m0/s1. The third kappa shape index (κ3) is 7.57. The van der Waals surface area contributed by atoms with Crippen LogP contribution in [-0.4, -0.2) is 36.6 Å². The van der Waals surface area contributed by atoms with Crippen molar-refractivity contribution in [3.8, 4) is 0 Å². The molecule has 1 heterocycles. The molecular weight excluding hydrogens is 458 g/mol. The molecule has 0 radical (unpaired) electrons. The zero-order chi connectivity index (χ0) is 26.1. The van der Waals surface area contributed by atoms with Crippen LogP contribution < -0.4 is 5.32 Å². The monoisotopic (exact) mass is 491 g/mol. The molecule has 3 aromatic rings. The van der Waals surface area contributed by atoms with E-state index in [0.717, 1.165) is 11.1 Å². The Morgan fingerprint density at radius 1 is 0.889 bits per heavy atom. The fourth-order valence-corrected chi connectivity index (χ4v) is 3.91. The van der Waals surface area contributed by atoms with E-state index in [1.54, 1.807) is 32.9 Å². The van der Waals surface area contributed by atoms with E-state index in [9.17, 15) is 14.4 Å². The van der Waals surface area contributed by atoms with Gasteiger partial charge in [0.05, 0.1) is 13.0 Å². The third-order valence-electron chi connectivity index (χ3n) is 5.49. The number of rotatable bonds is 10. The molecule has 190 valence electrons. The van der Waals surface area contributed by atoms with Gasteiger partial charge in [0.25, 0.3) is 5.91 Å². The lowest BCUT2D eigenvalue weighted by Crippen LogP contribution is -2.41. The first-order chi connectivity index (χ1) is 17.2. The molecule has 1 N–H and O–H groups in total. The number of furan rings is 1. The fourth-order valence-electron chi connectivity index (χ4n) is 3.91. The number of benzene rings is 2. The van der Waals surface area contributed by atoms with E-state index in [0.29, 0.717) is 12.2 Å². The Labute approximate surface area is 211 Å². The van der Waals surface area contributed by atoms with E-state index in [2.05, 4.69) is 5.32 Å². The van der Waals surface area contributed by atoms with Crippen LogP contribution in [-0.2, 0) is 19.1 Å². The smallest absolute Gasteiger partial charge is 0.328 e. The molecule has 7 heteroatoms. The van der Waals surface area contributed by atoms with Crippen LogP contribution in [0.3, 0.4) is 0 Å². The summed E-state index contributed by atoms with van der Waals surface area (Å²) in [7, 11) is 1.25. The van der Waals surface area contributed by atoms with Gasteiger partial charge in [-0.15, -0.1) is 0 Å². The van der Waals surface area contributed by atoms with Gasteiger partial charge in [0.2, 0.25) is 0 Å². The number of hydrogen-bond donors (Lipinski definition) is 1. The summed E-state index contributed by atoms with van der Waals surface area (Å²) in [6.07, 6.45) is 0.700. The second-order valence-electron chi connectivity index (χ2n) is 9.48. The van der Waals surface area contributed by atoms with Crippen molar-refractivity contribution in [2.24, 2.45) is 0 Å². The Hall–Kier alpha value is -3.87. The first-order valence-corrected chi connectivity index (χ1v) is 12.0. The van der Waals surface area contributed by atoms with Gasteiger partial charge in [0.1, 0.15) is 17.4 Å². The highest BCUT2D eigenvalue weighted by Crippen LogP contribution is 2.33. The zero-order valence-electron chi connectivity index (χ0n) is 21.2. The zero-order valence-corrected chi connectivity index (χ0v) is 21.2. The number of esters is 2. The van der Waals surface area contributed by atoms with Gasteiger partial charge in [-0.2, -0.15) is 0 Å². The van der Waals surface area contributed by atoms with Gasteiger partial charge in [-0.1, -0.05) is 60.7 Å². The van der Waals surface area contributed by atoms with Crippen molar-refractivity contribution in [2.45, 2.75) is 57.6 Å².